The molecule has 3 rings (SSSR count). The van der Waals surface area contributed by atoms with E-state index in [0.717, 1.165) is 45.8 Å². The number of aromatic nitrogens is 3. The normalized spacial score (nSPS) is 12.7. The smallest absolute Gasteiger partial charge is 0.140 e. The van der Waals surface area contributed by atoms with Gasteiger partial charge in [-0.05, 0) is 54.5 Å². The fraction of sp³-hybridized carbons (Fsp3) is 0.455. The van der Waals surface area contributed by atoms with Gasteiger partial charge in [-0.25, -0.2) is 9.97 Å². The molecule has 2 N–H and O–H groups in total. The zero-order chi connectivity index (χ0) is 19.7. The van der Waals surface area contributed by atoms with Crippen LogP contribution in [0.25, 0.3) is 22.3 Å². The van der Waals surface area contributed by atoms with Crippen molar-refractivity contribution in [2.24, 2.45) is 7.05 Å². The van der Waals surface area contributed by atoms with Gasteiger partial charge in [0.25, 0.3) is 0 Å². The van der Waals surface area contributed by atoms with Crippen molar-refractivity contribution in [1.29, 1.82) is 0 Å². The number of rotatable bonds is 6. The van der Waals surface area contributed by atoms with Crippen LogP contribution in [-0.2, 0) is 7.05 Å². The molecule has 5 heteroatoms. The summed E-state index contributed by atoms with van der Waals surface area (Å²) in [7, 11) is 3.93. The lowest BCUT2D eigenvalue weighted by Crippen LogP contribution is -2.03. The van der Waals surface area contributed by atoms with Gasteiger partial charge in [-0.15, -0.1) is 0 Å². The highest BCUT2D eigenvalue weighted by Gasteiger charge is 2.18. The third-order valence-electron chi connectivity index (χ3n) is 5.26. The van der Waals surface area contributed by atoms with E-state index in [1.807, 2.05) is 14.1 Å². The summed E-state index contributed by atoms with van der Waals surface area (Å²) in [5.74, 6) is 1.54. The lowest BCUT2D eigenvalue weighted by Gasteiger charge is -2.14. The second-order valence-electron chi connectivity index (χ2n) is 7.67. The van der Waals surface area contributed by atoms with Gasteiger partial charge in [0.15, 0.2) is 0 Å². The number of hydrogen-bond donors (Lipinski definition) is 2. The minimum Gasteiger partial charge on any atom is -0.396 e. The molecular formula is C22H30N4O. The predicted molar refractivity (Wildman–Crippen MR) is 112 cm³/mol. The highest BCUT2D eigenvalue weighted by atomic mass is 16.3. The summed E-state index contributed by atoms with van der Waals surface area (Å²) >= 11 is 0. The number of aryl methyl sites for hydroxylation is 2. The Kier molecular flexibility index (Phi) is 5.51. The van der Waals surface area contributed by atoms with E-state index in [0.29, 0.717) is 11.8 Å². The van der Waals surface area contributed by atoms with Crippen molar-refractivity contribution in [1.82, 2.24) is 14.5 Å². The molecule has 0 bridgehead atoms. The maximum atomic E-state index is 9.31. The first-order valence-electron chi connectivity index (χ1n) is 9.63. The number of aliphatic hydroxyl groups excluding tert-OH is 1. The number of nitrogens with zero attached hydrogens (tertiary/aromatic N) is 3. The summed E-state index contributed by atoms with van der Waals surface area (Å²) in [5, 5.41) is 13.7. The van der Waals surface area contributed by atoms with Gasteiger partial charge in [0.05, 0.1) is 5.69 Å². The summed E-state index contributed by atoms with van der Waals surface area (Å²) in [6.45, 7) is 8.75. The summed E-state index contributed by atoms with van der Waals surface area (Å²) in [5.41, 5.74) is 6.38. The number of nitrogens with one attached hydrogen (secondary N) is 1. The number of hydrogen-bond acceptors (Lipinski definition) is 4. The average Bonchev–Trinajstić information content (AvgIpc) is 2.96. The first-order chi connectivity index (χ1) is 12.9. The number of anilines is 1. The summed E-state index contributed by atoms with van der Waals surface area (Å²) in [6, 6.07) is 6.43. The number of aliphatic hydroxyl groups is 1. The molecule has 0 aliphatic heterocycles. The fourth-order valence-corrected chi connectivity index (χ4v) is 3.62. The minimum atomic E-state index is 0.196. The van der Waals surface area contributed by atoms with Gasteiger partial charge in [-0.2, -0.15) is 0 Å². The van der Waals surface area contributed by atoms with Gasteiger partial charge in [-0.3, -0.25) is 0 Å². The van der Waals surface area contributed by atoms with Crippen LogP contribution >= 0.6 is 0 Å². The fourth-order valence-electron chi connectivity index (χ4n) is 3.62. The lowest BCUT2D eigenvalue weighted by atomic mass is 9.97. The first kappa shape index (κ1) is 19.4. The molecule has 3 heterocycles. The van der Waals surface area contributed by atoms with Crippen molar-refractivity contribution in [3.05, 3.63) is 41.2 Å². The maximum absolute atomic E-state index is 9.31. The van der Waals surface area contributed by atoms with E-state index in [1.165, 1.54) is 5.56 Å². The number of fused-ring (bicyclic) bond motifs is 1. The Morgan fingerprint density at radius 1 is 1.19 bits per heavy atom. The Balaban J connectivity index is 2.17. The molecule has 1 atom stereocenters. The SMILES string of the molecule is CNc1nc(C(C)C)ccc1-c1nc2c(cc1C)c([C@H](C)CCO)cn2C. The van der Waals surface area contributed by atoms with Crippen molar-refractivity contribution in [2.45, 2.75) is 46.0 Å². The van der Waals surface area contributed by atoms with E-state index in [1.54, 1.807) is 0 Å². The van der Waals surface area contributed by atoms with Crippen LogP contribution in [0.3, 0.4) is 0 Å². The van der Waals surface area contributed by atoms with Gasteiger partial charge in [0.2, 0.25) is 0 Å². The van der Waals surface area contributed by atoms with Gasteiger partial charge in [0.1, 0.15) is 11.5 Å². The van der Waals surface area contributed by atoms with E-state index in [2.05, 4.69) is 62.0 Å². The Labute approximate surface area is 161 Å². The monoisotopic (exact) mass is 366 g/mol. The Morgan fingerprint density at radius 2 is 1.93 bits per heavy atom. The molecule has 0 aromatic carbocycles. The van der Waals surface area contributed by atoms with Crippen molar-refractivity contribution in [2.75, 3.05) is 19.0 Å². The van der Waals surface area contributed by atoms with Crippen molar-refractivity contribution < 1.29 is 5.11 Å². The van der Waals surface area contributed by atoms with E-state index in [-0.39, 0.29) is 6.61 Å². The van der Waals surface area contributed by atoms with Crippen LogP contribution in [0.5, 0.6) is 0 Å². The van der Waals surface area contributed by atoms with E-state index >= 15 is 0 Å². The van der Waals surface area contributed by atoms with Crippen LogP contribution in [-0.4, -0.2) is 33.3 Å². The van der Waals surface area contributed by atoms with Gasteiger partial charge in [0, 0.05) is 43.5 Å². The Bertz CT molecular complexity index is 959. The van der Waals surface area contributed by atoms with Crippen LogP contribution in [0.2, 0.25) is 0 Å². The predicted octanol–water partition coefficient (Wildman–Crippen LogP) is 4.59. The Morgan fingerprint density at radius 3 is 2.56 bits per heavy atom. The minimum absolute atomic E-state index is 0.196. The second-order valence-corrected chi connectivity index (χ2v) is 7.67. The van der Waals surface area contributed by atoms with Crippen molar-refractivity contribution in [3.63, 3.8) is 0 Å². The third-order valence-corrected chi connectivity index (χ3v) is 5.26. The quantitative estimate of drug-likeness (QED) is 0.669. The molecule has 0 fully saturated rings. The molecule has 144 valence electrons. The topological polar surface area (TPSA) is 63.0 Å². The number of pyridine rings is 2. The molecule has 0 unspecified atom stereocenters. The van der Waals surface area contributed by atoms with Crippen molar-refractivity contribution >= 4 is 16.9 Å². The Hall–Kier alpha value is -2.40. The van der Waals surface area contributed by atoms with Crippen LogP contribution in [0.4, 0.5) is 5.82 Å². The zero-order valence-electron chi connectivity index (χ0n) is 17.2. The first-order valence-corrected chi connectivity index (χ1v) is 9.63. The maximum Gasteiger partial charge on any atom is 0.140 e. The molecule has 0 saturated heterocycles. The molecule has 0 amide bonds. The molecule has 0 aliphatic rings. The summed E-state index contributed by atoms with van der Waals surface area (Å²) < 4.78 is 2.08. The van der Waals surface area contributed by atoms with Gasteiger partial charge < -0.3 is 15.0 Å². The summed E-state index contributed by atoms with van der Waals surface area (Å²) in [6.07, 6.45) is 2.89. The highest BCUT2D eigenvalue weighted by molar-refractivity contribution is 5.87. The van der Waals surface area contributed by atoms with E-state index in [4.69, 9.17) is 9.97 Å². The summed E-state index contributed by atoms with van der Waals surface area (Å²) in [4.78, 5) is 9.79. The van der Waals surface area contributed by atoms with Crippen LogP contribution in [0, 0.1) is 6.92 Å². The standard InChI is InChI=1S/C22H30N4O/c1-13(2)19-8-7-16(21(23-5)24-19)20-15(4)11-17-18(14(3)9-10-27)12-26(6)22(17)25-20/h7-8,11-14,27H,9-10H2,1-6H3,(H,23,24)/t14-/m1/s1. The lowest BCUT2D eigenvalue weighted by molar-refractivity contribution is 0.279. The molecular weight excluding hydrogens is 336 g/mol. The zero-order valence-corrected chi connectivity index (χ0v) is 17.2. The van der Waals surface area contributed by atoms with Gasteiger partial charge in [-0.1, -0.05) is 20.8 Å². The van der Waals surface area contributed by atoms with Crippen LogP contribution in [0.1, 0.15) is 55.8 Å². The largest absolute Gasteiger partial charge is 0.396 e. The molecule has 3 aromatic heterocycles. The molecule has 0 saturated carbocycles. The van der Waals surface area contributed by atoms with Gasteiger partial charge >= 0.3 is 0 Å². The van der Waals surface area contributed by atoms with Crippen LogP contribution in [0.15, 0.2) is 24.4 Å². The molecule has 27 heavy (non-hydrogen) atoms. The van der Waals surface area contributed by atoms with Crippen molar-refractivity contribution in [3.8, 4) is 11.3 Å². The highest BCUT2D eigenvalue weighted by Crippen LogP contribution is 2.34. The van der Waals surface area contributed by atoms with E-state index < -0.39 is 0 Å². The molecule has 3 aromatic rings. The molecule has 0 spiro atoms. The molecule has 0 aliphatic carbocycles. The van der Waals surface area contributed by atoms with Crippen LogP contribution < -0.4 is 5.32 Å². The second kappa shape index (κ2) is 7.69. The average molecular weight is 367 g/mol. The molecule has 0 radical (unpaired) electrons. The molecule has 5 nitrogen and oxygen atoms in total. The van der Waals surface area contributed by atoms with E-state index in [9.17, 15) is 5.11 Å². The third kappa shape index (κ3) is 3.56.